The van der Waals surface area contributed by atoms with Crippen LogP contribution in [0.3, 0.4) is 0 Å². The molecule has 3 atom stereocenters. The van der Waals surface area contributed by atoms with E-state index in [4.69, 9.17) is 9.47 Å². The van der Waals surface area contributed by atoms with Crippen molar-refractivity contribution in [1.82, 2.24) is 4.90 Å². The Balaban J connectivity index is 1.95. The summed E-state index contributed by atoms with van der Waals surface area (Å²) in [6, 6.07) is 12.3. The van der Waals surface area contributed by atoms with Gasteiger partial charge in [0.1, 0.15) is 11.8 Å². The molecule has 0 spiro atoms. The van der Waals surface area contributed by atoms with Gasteiger partial charge in [0.2, 0.25) is 0 Å². The van der Waals surface area contributed by atoms with Crippen molar-refractivity contribution in [3.8, 4) is 5.75 Å². The van der Waals surface area contributed by atoms with Crippen molar-refractivity contribution in [3.05, 3.63) is 65.7 Å². The normalized spacial score (nSPS) is 20.6. The largest absolute Gasteiger partial charge is 0.497 e. The van der Waals surface area contributed by atoms with E-state index >= 15 is 0 Å². The zero-order valence-corrected chi connectivity index (χ0v) is 17.6. The van der Waals surface area contributed by atoms with Crippen molar-refractivity contribution < 1.29 is 37.3 Å². The van der Waals surface area contributed by atoms with E-state index in [0.717, 1.165) is 29.7 Å². The number of hydrogen-bond donors (Lipinski definition) is 1. The Morgan fingerprint density at radius 3 is 2.34 bits per heavy atom. The SMILES string of the molecule is COc1cccc(C[C@H]2C[C@@H](C(=O)O)N(C(=O)[C@@](OC)(c3ccccc3)C(F)(F)F)C2)c1. The molecular formula is C23H24F3NO5. The zero-order chi connectivity index (χ0) is 23.5. The number of hydrogen-bond acceptors (Lipinski definition) is 4. The highest BCUT2D eigenvalue weighted by Gasteiger charge is 2.65. The van der Waals surface area contributed by atoms with Gasteiger partial charge in [0, 0.05) is 19.2 Å². The number of carboxylic acid groups (broad SMARTS) is 1. The van der Waals surface area contributed by atoms with Crippen molar-refractivity contribution in [2.24, 2.45) is 5.92 Å². The quantitative estimate of drug-likeness (QED) is 0.696. The highest BCUT2D eigenvalue weighted by molar-refractivity contribution is 5.91. The summed E-state index contributed by atoms with van der Waals surface area (Å²) < 4.78 is 52.9. The molecule has 2 aromatic rings. The summed E-state index contributed by atoms with van der Waals surface area (Å²) in [6.45, 7) is -0.138. The van der Waals surface area contributed by atoms with Gasteiger partial charge in [-0.15, -0.1) is 0 Å². The first-order chi connectivity index (χ1) is 15.1. The highest BCUT2D eigenvalue weighted by Crippen LogP contribution is 2.45. The Morgan fingerprint density at radius 1 is 1.09 bits per heavy atom. The predicted molar refractivity (Wildman–Crippen MR) is 109 cm³/mol. The molecule has 1 heterocycles. The number of benzene rings is 2. The van der Waals surface area contributed by atoms with Crippen molar-refractivity contribution in [2.45, 2.75) is 30.7 Å². The first kappa shape index (κ1) is 23.6. The maximum absolute atomic E-state index is 14.3. The van der Waals surface area contributed by atoms with E-state index < -0.39 is 35.3 Å². The number of methoxy groups -OCH3 is 2. The van der Waals surface area contributed by atoms with Crippen LogP contribution in [0.5, 0.6) is 5.75 Å². The summed E-state index contributed by atoms with van der Waals surface area (Å²) in [4.78, 5) is 26.0. The van der Waals surface area contributed by atoms with Crippen molar-refractivity contribution >= 4 is 11.9 Å². The molecular weight excluding hydrogens is 427 g/mol. The molecule has 0 unspecified atom stereocenters. The fraction of sp³-hybridized carbons (Fsp3) is 0.391. The van der Waals surface area contributed by atoms with E-state index in [1.807, 2.05) is 6.07 Å². The van der Waals surface area contributed by atoms with Crippen LogP contribution in [0.25, 0.3) is 0 Å². The Bertz CT molecular complexity index is 966. The van der Waals surface area contributed by atoms with Gasteiger partial charge in [0.15, 0.2) is 0 Å². The number of nitrogens with zero attached hydrogens (tertiary/aromatic N) is 1. The van der Waals surface area contributed by atoms with Crippen LogP contribution < -0.4 is 4.74 Å². The van der Waals surface area contributed by atoms with E-state index in [2.05, 4.69) is 0 Å². The van der Waals surface area contributed by atoms with Crippen molar-refractivity contribution in [1.29, 1.82) is 0 Å². The smallest absolute Gasteiger partial charge is 0.430 e. The third kappa shape index (κ3) is 4.29. The van der Waals surface area contributed by atoms with E-state index in [1.165, 1.54) is 25.3 Å². The number of alkyl halides is 3. The molecule has 1 fully saturated rings. The summed E-state index contributed by atoms with van der Waals surface area (Å²) in [7, 11) is 2.32. The summed E-state index contributed by atoms with van der Waals surface area (Å²) in [5.41, 5.74) is -2.86. The molecule has 32 heavy (non-hydrogen) atoms. The third-order valence-corrected chi connectivity index (χ3v) is 5.78. The molecule has 0 radical (unpaired) electrons. The molecule has 1 aliphatic rings. The number of carbonyl (C=O) groups is 2. The molecule has 9 heteroatoms. The fourth-order valence-electron chi connectivity index (χ4n) is 4.27. The van der Waals surface area contributed by atoms with Gasteiger partial charge >= 0.3 is 12.1 Å². The van der Waals surface area contributed by atoms with Gasteiger partial charge in [0.25, 0.3) is 11.5 Å². The fourth-order valence-corrected chi connectivity index (χ4v) is 4.27. The third-order valence-electron chi connectivity index (χ3n) is 5.78. The second-order valence-corrected chi connectivity index (χ2v) is 7.72. The van der Waals surface area contributed by atoms with Crippen LogP contribution in [0, 0.1) is 5.92 Å². The maximum Gasteiger partial charge on any atom is 0.430 e. The molecule has 0 bridgehead atoms. The lowest BCUT2D eigenvalue weighted by atomic mass is 9.90. The van der Waals surface area contributed by atoms with Gasteiger partial charge in [-0.25, -0.2) is 4.79 Å². The van der Waals surface area contributed by atoms with Crippen LogP contribution in [-0.2, 0) is 26.3 Å². The van der Waals surface area contributed by atoms with E-state index in [9.17, 15) is 27.9 Å². The molecule has 1 saturated heterocycles. The van der Waals surface area contributed by atoms with Gasteiger partial charge in [-0.3, -0.25) is 4.79 Å². The lowest BCUT2D eigenvalue weighted by Crippen LogP contribution is -2.58. The minimum absolute atomic E-state index is 0.0325. The highest BCUT2D eigenvalue weighted by atomic mass is 19.4. The van der Waals surface area contributed by atoms with Crippen LogP contribution in [-0.4, -0.2) is 54.9 Å². The van der Waals surface area contributed by atoms with Crippen LogP contribution in [0.1, 0.15) is 17.5 Å². The first-order valence-electron chi connectivity index (χ1n) is 9.98. The van der Waals surface area contributed by atoms with Crippen LogP contribution >= 0.6 is 0 Å². The van der Waals surface area contributed by atoms with Gasteiger partial charge in [-0.05, 0) is 36.5 Å². The maximum atomic E-state index is 14.3. The number of carboxylic acids is 1. The molecule has 6 nitrogen and oxygen atoms in total. The molecule has 1 N–H and O–H groups in total. The molecule has 3 rings (SSSR count). The number of likely N-dealkylation sites (tertiary alicyclic amines) is 1. The number of aliphatic carboxylic acids is 1. The molecule has 0 saturated carbocycles. The molecule has 2 aromatic carbocycles. The second-order valence-electron chi connectivity index (χ2n) is 7.72. The van der Waals surface area contributed by atoms with Crippen LogP contribution in [0.2, 0.25) is 0 Å². The average Bonchev–Trinajstić information content (AvgIpc) is 3.18. The number of ether oxygens (including phenoxy) is 2. The van der Waals surface area contributed by atoms with Gasteiger partial charge in [-0.2, -0.15) is 13.2 Å². The lowest BCUT2D eigenvalue weighted by molar-refractivity contribution is -0.270. The zero-order valence-electron chi connectivity index (χ0n) is 17.6. The van der Waals surface area contributed by atoms with E-state index in [-0.39, 0.29) is 18.9 Å². The minimum atomic E-state index is -5.10. The Kier molecular flexibility index (Phi) is 6.78. The Hall–Kier alpha value is -3.07. The van der Waals surface area contributed by atoms with Crippen LogP contribution in [0.4, 0.5) is 13.2 Å². The summed E-state index contributed by atoms with van der Waals surface area (Å²) in [5, 5.41) is 9.67. The Morgan fingerprint density at radius 2 is 1.78 bits per heavy atom. The predicted octanol–water partition coefficient (Wildman–Crippen LogP) is 3.64. The van der Waals surface area contributed by atoms with Gasteiger partial charge in [-0.1, -0.05) is 42.5 Å². The van der Waals surface area contributed by atoms with Crippen LogP contribution in [0.15, 0.2) is 54.6 Å². The molecule has 172 valence electrons. The number of rotatable bonds is 7. The topological polar surface area (TPSA) is 76.1 Å². The number of carbonyl (C=O) groups excluding carboxylic acids is 1. The summed E-state index contributed by atoms with van der Waals surface area (Å²) in [5.74, 6) is -2.51. The Labute approximate surface area is 183 Å². The van der Waals surface area contributed by atoms with E-state index in [0.29, 0.717) is 12.2 Å². The summed E-state index contributed by atoms with van der Waals surface area (Å²) >= 11 is 0. The molecule has 0 aliphatic carbocycles. The van der Waals surface area contributed by atoms with Crippen molar-refractivity contribution in [3.63, 3.8) is 0 Å². The van der Waals surface area contributed by atoms with E-state index in [1.54, 1.807) is 18.2 Å². The second kappa shape index (κ2) is 9.20. The molecule has 0 aromatic heterocycles. The van der Waals surface area contributed by atoms with Gasteiger partial charge < -0.3 is 19.5 Å². The van der Waals surface area contributed by atoms with Gasteiger partial charge in [0.05, 0.1) is 7.11 Å². The molecule has 1 aliphatic heterocycles. The average molecular weight is 451 g/mol. The summed E-state index contributed by atoms with van der Waals surface area (Å²) in [6.07, 6.45) is -4.68. The monoisotopic (exact) mass is 451 g/mol. The van der Waals surface area contributed by atoms with Crippen molar-refractivity contribution in [2.75, 3.05) is 20.8 Å². The minimum Gasteiger partial charge on any atom is -0.497 e. The number of amides is 1. The lowest BCUT2D eigenvalue weighted by Gasteiger charge is -2.37. The number of halogens is 3. The molecule has 1 amide bonds. The standard InChI is InChI=1S/C23H24F3NO5/c1-31-18-10-6-7-15(12-18)11-16-13-19(20(28)29)27(14-16)21(30)22(32-2,23(24,25)26)17-8-4-3-5-9-17/h3-10,12,16,19H,11,13-14H2,1-2H3,(H,28,29)/t16-,19-,22-/m0/s1. The first-order valence-corrected chi connectivity index (χ1v) is 9.98.